The van der Waals surface area contributed by atoms with E-state index in [1.807, 2.05) is 36.4 Å². The maximum absolute atomic E-state index is 9.17. The van der Waals surface area contributed by atoms with Crippen LogP contribution in [-0.2, 0) is 5.88 Å². The molecule has 0 heterocycles. The summed E-state index contributed by atoms with van der Waals surface area (Å²) in [5.41, 5.74) is 3.33. The van der Waals surface area contributed by atoms with Crippen molar-refractivity contribution in [1.29, 1.82) is 0 Å². The van der Waals surface area contributed by atoms with Crippen molar-refractivity contribution < 1.29 is 5.11 Å². The van der Waals surface area contributed by atoms with E-state index >= 15 is 0 Å². The molecule has 76 valence electrons. The van der Waals surface area contributed by atoms with Crippen LogP contribution in [0, 0.1) is 0 Å². The van der Waals surface area contributed by atoms with E-state index in [0.717, 1.165) is 16.7 Å². The molecule has 0 aliphatic heterocycles. The lowest BCUT2D eigenvalue weighted by atomic mass is 10.0. The largest absolute Gasteiger partial charge is 0.508 e. The minimum absolute atomic E-state index is 0.288. The molecule has 0 aliphatic carbocycles. The number of rotatable bonds is 2. The van der Waals surface area contributed by atoms with E-state index in [1.54, 1.807) is 12.1 Å². The van der Waals surface area contributed by atoms with Crippen LogP contribution in [0.25, 0.3) is 11.1 Å². The molecule has 0 amide bonds. The van der Waals surface area contributed by atoms with Crippen LogP contribution < -0.4 is 0 Å². The van der Waals surface area contributed by atoms with Gasteiger partial charge in [-0.2, -0.15) is 0 Å². The zero-order chi connectivity index (χ0) is 10.7. The number of phenols is 1. The first-order valence-electron chi connectivity index (χ1n) is 4.74. The Balaban J connectivity index is 2.33. The first-order valence-corrected chi connectivity index (χ1v) is 5.27. The molecule has 0 bridgehead atoms. The highest BCUT2D eigenvalue weighted by Gasteiger charge is 1.97. The molecular weight excluding hydrogens is 208 g/mol. The number of halogens is 1. The van der Waals surface area contributed by atoms with Crippen molar-refractivity contribution in [2.45, 2.75) is 5.88 Å². The van der Waals surface area contributed by atoms with Crippen molar-refractivity contribution in [3.63, 3.8) is 0 Å². The van der Waals surface area contributed by atoms with Gasteiger partial charge in [0.25, 0.3) is 0 Å². The first-order chi connectivity index (χ1) is 7.29. The van der Waals surface area contributed by atoms with Gasteiger partial charge in [-0.15, -0.1) is 11.6 Å². The summed E-state index contributed by atoms with van der Waals surface area (Å²) >= 11 is 5.71. The summed E-state index contributed by atoms with van der Waals surface area (Å²) < 4.78 is 0. The molecule has 0 unspecified atom stereocenters. The van der Waals surface area contributed by atoms with Crippen molar-refractivity contribution in [2.24, 2.45) is 0 Å². The van der Waals surface area contributed by atoms with Gasteiger partial charge in [-0.05, 0) is 28.8 Å². The highest BCUT2D eigenvalue weighted by atomic mass is 35.5. The molecule has 0 saturated heterocycles. The molecule has 0 aromatic heterocycles. The first kappa shape index (κ1) is 10.1. The zero-order valence-corrected chi connectivity index (χ0v) is 8.91. The number of benzene rings is 2. The van der Waals surface area contributed by atoms with Gasteiger partial charge in [0.1, 0.15) is 5.75 Å². The maximum Gasteiger partial charge on any atom is 0.115 e. The lowest BCUT2D eigenvalue weighted by Gasteiger charge is -2.02. The summed E-state index contributed by atoms with van der Waals surface area (Å²) in [4.78, 5) is 0. The zero-order valence-electron chi connectivity index (χ0n) is 8.15. The molecule has 2 aromatic carbocycles. The van der Waals surface area contributed by atoms with Crippen LogP contribution >= 0.6 is 11.6 Å². The van der Waals surface area contributed by atoms with E-state index in [-0.39, 0.29) is 5.75 Å². The highest BCUT2D eigenvalue weighted by Crippen LogP contribution is 2.22. The van der Waals surface area contributed by atoms with E-state index < -0.39 is 0 Å². The van der Waals surface area contributed by atoms with Crippen molar-refractivity contribution in [3.05, 3.63) is 54.1 Å². The van der Waals surface area contributed by atoms with Crippen LogP contribution in [0.5, 0.6) is 5.75 Å². The third-order valence-corrected chi connectivity index (χ3v) is 2.62. The van der Waals surface area contributed by atoms with Gasteiger partial charge in [0.15, 0.2) is 0 Å². The number of phenolic OH excluding ortho intramolecular Hbond substituents is 1. The predicted octanol–water partition coefficient (Wildman–Crippen LogP) is 3.80. The van der Waals surface area contributed by atoms with Gasteiger partial charge < -0.3 is 5.11 Å². The van der Waals surface area contributed by atoms with Gasteiger partial charge >= 0.3 is 0 Å². The summed E-state index contributed by atoms with van der Waals surface area (Å²) in [7, 11) is 0. The number of hydrogen-bond donors (Lipinski definition) is 1. The SMILES string of the molecule is Oc1ccc(-c2ccc(CCl)cc2)cc1. The average Bonchev–Trinajstić information content (AvgIpc) is 2.30. The summed E-state index contributed by atoms with van der Waals surface area (Å²) in [5, 5.41) is 9.17. The maximum atomic E-state index is 9.17. The quantitative estimate of drug-likeness (QED) is 0.761. The highest BCUT2D eigenvalue weighted by molar-refractivity contribution is 6.17. The second-order valence-corrected chi connectivity index (χ2v) is 3.64. The topological polar surface area (TPSA) is 20.2 Å². The van der Waals surface area contributed by atoms with E-state index in [9.17, 15) is 0 Å². The number of aromatic hydroxyl groups is 1. The van der Waals surface area contributed by atoms with Crippen LogP contribution in [0.2, 0.25) is 0 Å². The third-order valence-electron chi connectivity index (χ3n) is 2.31. The molecule has 0 fully saturated rings. The van der Waals surface area contributed by atoms with Gasteiger partial charge in [-0.25, -0.2) is 0 Å². The second kappa shape index (κ2) is 4.37. The standard InChI is InChI=1S/C13H11ClO/c14-9-10-1-3-11(4-2-10)12-5-7-13(15)8-6-12/h1-8,15H,9H2. The Labute approximate surface area is 94.0 Å². The van der Waals surface area contributed by atoms with Crippen LogP contribution in [0.3, 0.4) is 0 Å². The normalized spacial score (nSPS) is 10.2. The van der Waals surface area contributed by atoms with Crippen molar-refractivity contribution in [1.82, 2.24) is 0 Å². The molecule has 2 heteroatoms. The van der Waals surface area contributed by atoms with Crippen LogP contribution in [0.4, 0.5) is 0 Å². The van der Waals surface area contributed by atoms with Gasteiger partial charge in [-0.1, -0.05) is 36.4 Å². The molecular formula is C13H11ClO. The number of hydrogen-bond acceptors (Lipinski definition) is 1. The van der Waals surface area contributed by atoms with Gasteiger partial charge in [0.05, 0.1) is 0 Å². The van der Waals surface area contributed by atoms with E-state index in [1.165, 1.54) is 0 Å². The van der Waals surface area contributed by atoms with Crippen LogP contribution in [0.15, 0.2) is 48.5 Å². The fourth-order valence-electron chi connectivity index (χ4n) is 1.44. The fourth-order valence-corrected chi connectivity index (χ4v) is 1.62. The van der Waals surface area contributed by atoms with Gasteiger partial charge in [-0.3, -0.25) is 0 Å². The Bertz CT molecular complexity index is 431. The Morgan fingerprint density at radius 2 is 1.27 bits per heavy atom. The van der Waals surface area contributed by atoms with Crippen LogP contribution in [0.1, 0.15) is 5.56 Å². The van der Waals surface area contributed by atoms with Gasteiger partial charge in [0, 0.05) is 5.88 Å². The molecule has 0 spiro atoms. The summed E-state index contributed by atoms with van der Waals surface area (Å²) in [5.74, 6) is 0.826. The lowest BCUT2D eigenvalue weighted by Crippen LogP contribution is -1.79. The Morgan fingerprint density at radius 1 is 0.800 bits per heavy atom. The molecule has 0 saturated carbocycles. The smallest absolute Gasteiger partial charge is 0.115 e. The van der Waals surface area contributed by atoms with Crippen molar-refractivity contribution >= 4 is 11.6 Å². The van der Waals surface area contributed by atoms with Crippen molar-refractivity contribution in [2.75, 3.05) is 0 Å². The van der Waals surface area contributed by atoms with Gasteiger partial charge in [0.2, 0.25) is 0 Å². The van der Waals surface area contributed by atoms with Crippen LogP contribution in [-0.4, -0.2) is 5.11 Å². The molecule has 1 nitrogen and oxygen atoms in total. The van der Waals surface area contributed by atoms with E-state index in [0.29, 0.717) is 5.88 Å². The molecule has 2 aromatic rings. The summed E-state index contributed by atoms with van der Waals surface area (Å²) in [6.07, 6.45) is 0. The van der Waals surface area contributed by atoms with E-state index in [4.69, 9.17) is 16.7 Å². The fraction of sp³-hybridized carbons (Fsp3) is 0.0769. The Morgan fingerprint density at radius 3 is 1.73 bits per heavy atom. The van der Waals surface area contributed by atoms with E-state index in [2.05, 4.69) is 0 Å². The monoisotopic (exact) mass is 218 g/mol. The molecule has 1 N–H and O–H groups in total. The number of alkyl halides is 1. The lowest BCUT2D eigenvalue weighted by molar-refractivity contribution is 0.475. The van der Waals surface area contributed by atoms with Crippen molar-refractivity contribution in [3.8, 4) is 16.9 Å². The summed E-state index contributed by atoms with van der Waals surface area (Å²) in [6, 6.07) is 15.2. The molecule has 15 heavy (non-hydrogen) atoms. The predicted molar refractivity (Wildman–Crippen MR) is 63.1 cm³/mol. The second-order valence-electron chi connectivity index (χ2n) is 3.38. The Hall–Kier alpha value is -1.47. The molecule has 0 aliphatic rings. The Kier molecular flexibility index (Phi) is 2.93. The molecule has 0 radical (unpaired) electrons. The molecule has 2 rings (SSSR count). The summed E-state index contributed by atoms with van der Waals surface area (Å²) in [6.45, 7) is 0. The minimum Gasteiger partial charge on any atom is -0.508 e. The average molecular weight is 219 g/mol. The third kappa shape index (κ3) is 2.31. The molecule has 0 atom stereocenters. The minimum atomic E-state index is 0.288.